The first-order chi connectivity index (χ1) is 14.9. The van der Waals surface area contributed by atoms with Crippen LogP contribution in [0.1, 0.15) is 11.1 Å². The van der Waals surface area contributed by atoms with Crippen molar-refractivity contribution in [1.29, 1.82) is 0 Å². The Kier molecular flexibility index (Phi) is 7.09. The fourth-order valence-corrected chi connectivity index (χ4v) is 3.46. The number of thioether (sulfide) groups is 1. The Morgan fingerprint density at radius 3 is 2.39 bits per heavy atom. The minimum Gasteiger partial charge on any atom is -0.484 e. The molecule has 1 aliphatic heterocycles. The van der Waals surface area contributed by atoms with Gasteiger partial charge < -0.3 is 14.8 Å². The minimum absolute atomic E-state index is 0.153. The maximum atomic E-state index is 12.3. The standard InChI is InChI=1S/C22H20N2O6S/c1-14-3-7-16(8-4-14)23-19(25)13-30-17-9-5-15(6-10-17)11-18-21(27)24(22(28)31-18)12-20(26)29-2/h3-11H,12-13H2,1-2H3,(H,23,25). The summed E-state index contributed by atoms with van der Waals surface area (Å²) in [5, 5.41) is 2.22. The van der Waals surface area contributed by atoms with Crippen LogP contribution < -0.4 is 10.1 Å². The molecule has 9 heteroatoms. The highest BCUT2D eigenvalue weighted by Gasteiger charge is 2.36. The minimum atomic E-state index is -0.670. The first-order valence-electron chi connectivity index (χ1n) is 9.27. The predicted molar refractivity (Wildman–Crippen MR) is 116 cm³/mol. The number of imide groups is 1. The average molecular weight is 440 g/mol. The number of hydrogen-bond acceptors (Lipinski definition) is 7. The number of ether oxygens (including phenoxy) is 2. The van der Waals surface area contributed by atoms with Crippen LogP contribution in [0.2, 0.25) is 0 Å². The number of methoxy groups -OCH3 is 1. The van der Waals surface area contributed by atoms with E-state index in [1.165, 1.54) is 7.11 Å². The van der Waals surface area contributed by atoms with Gasteiger partial charge in [0.15, 0.2) is 6.61 Å². The molecule has 3 amide bonds. The summed E-state index contributed by atoms with van der Waals surface area (Å²) in [6, 6.07) is 14.1. The van der Waals surface area contributed by atoms with E-state index < -0.39 is 23.7 Å². The molecule has 1 heterocycles. The molecule has 2 aromatic carbocycles. The van der Waals surface area contributed by atoms with E-state index >= 15 is 0 Å². The number of rotatable bonds is 7. The Labute approximate surface area is 183 Å². The monoisotopic (exact) mass is 440 g/mol. The summed E-state index contributed by atoms with van der Waals surface area (Å²) >= 11 is 0.756. The Hall–Kier alpha value is -3.59. The molecule has 0 bridgehead atoms. The van der Waals surface area contributed by atoms with Gasteiger partial charge in [-0.15, -0.1) is 0 Å². The second kappa shape index (κ2) is 9.94. The van der Waals surface area contributed by atoms with Crippen molar-refractivity contribution in [2.75, 3.05) is 25.6 Å². The molecule has 0 radical (unpaired) electrons. The lowest BCUT2D eigenvalue weighted by molar-refractivity contribution is -0.143. The number of anilines is 1. The van der Waals surface area contributed by atoms with Gasteiger partial charge in [0.05, 0.1) is 12.0 Å². The third-order valence-electron chi connectivity index (χ3n) is 4.27. The Balaban J connectivity index is 1.55. The van der Waals surface area contributed by atoms with Crippen LogP contribution in [0.5, 0.6) is 5.75 Å². The Bertz CT molecular complexity index is 1030. The highest BCUT2D eigenvalue weighted by molar-refractivity contribution is 8.18. The SMILES string of the molecule is COC(=O)CN1C(=O)SC(=Cc2ccc(OCC(=O)Nc3ccc(C)cc3)cc2)C1=O. The number of benzene rings is 2. The third kappa shape index (κ3) is 5.95. The van der Waals surface area contributed by atoms with E-state index in [1.807, 2.05) is 31.2 Å². The van der Waals surface area contributed by atoms with Gasteiger partial charge in [-0.05, 0) is 54.6 Å². The number of nitrogens with zero attached hydrogens (tertiary/aromatic N) is 1. The number of aryl methyl sites for hydroxylation is 1. The van der Waals surface area contributed by atoms with Crippen LogP contribution in [0.4, 0.5) is 10.5 Å². The lowest BCUT2D eigenvalue weighted by Crippen LogP contribution is -2.34. The molecule has 1 N–H and O–H groups in total. The van der Waals surface area contributed by atoms with Crippen LogP contribution in [0.15, 0.2) is 53.4 Å². The van der Waals surface area contributed by atoms with Crippen LogP contribution in [0.25, 0.3) is 6.08 Å². The van der Waals surface area contributed by atoms with E-state index in [-0.39, 0.29) is 17.4 Å². The normalized spacial score (nSPS) is 14.6. The van der Waals surface area contributed by atoms with E-state index in [4.69, 9.17) is 4.74 Å². The van der Waals surface area contributed by atoms with Gasteiger partial charge in [0.1, 0.15) is 12.3 Å². The zero-order valence-corrected chi connectivity index (χ0v) is 17.7. The summed E-state index contributed by atoms with van der Waals surface area (Å²) in [4.78, 5) is 48.7. The molecule has 0 saturated carbocycles. The van der Waals surface area contributed by atoms with Crippen molar-refractivity contribution in [3.63, 3.8) is 0 Å². The second-order valence-corrected chi connectivity index (χ2v) is 7.61. The first-order valence-corrected chi connectivity index (χ1v) is 10.1. The molecule has 0 aliphatic carbocycles. The molecule has 160 valence electrons. The van der Waals surface area contributed by atoms with Crippen LogP contribution in [-0.2, 0) is 19.1 Å². The van der Waals surface area contributed by atoms with Crippen molar-refractivity contribution >= 4 is 46.5 Å². The maximum Gasteiger partial charge on any atom is 0.325 e. The molecule has 0 unspecified atom stereocenters. The van der Waals surface area contributed by atoms with Gasteiger partial charge in [-0.3, -0.25) is 24.1 Å². The lowest BCUT2D eigenvalue weighted by Gasteiger charge is -2.09. The van der Waals surface area contributed by atoms with E-state index in [0.717, 1.165) is 22.2 Å². The summed E-state index contributed by atoms with van der Waals surface area (Å²) in [6.45, 7) is 1.39. The van der Waals surface area contributed by atoms with Crippen molar-refractivity contribution < 1.29 is 28.7 Å². The first kappa shape index (κ1) is 22.1. The Morgan fingerprint density at radius 1 is 1.06 bits per heavy atom. The highest BCUT2D eigenvalue weighted by atomic mass is 32.2. The largest absolute Gasteiger partial charge is 0.484 e. The number of carbonyl (C=O) groups is 4. The Morgan fingerprint density at radius 2 is 1.74 bits per heavy atom. The van der Waals surface area contributed by atoms with Gasteiger partial charge in [0.2, 0.25) is 0 Å². The average Bonchev–Trinajstić information content (AvgIpc) is 3.02. The van der Waals surface area contributed by atoms with E-state index in [1.54, 1.807) is 30.3 Å². The molecule has 0 spiro atoms. The van der Waals surface area contributed by atoms with Crippen molar-refractivity contribution in [3.8, 4) is 5.75 Å². The number of carbonyl (C=O) groups excluding carboxylic acids is 4. The topological polar surface area (TPSA) is 102 Å². The lowest BCUT2D eigenvalue weighted by atomic mass is 10.2. The van der Waals surface area contributed by atoms with Crippen molar-refractivity contribution in [2.24, 2.45) is 0 Å². The molecule has 1 saturated heterocycles. The molecule has 3 rings (SSSR count). The number of hydrogen-bond donors (Lipinski definition) is 1. The number of amides is 3. The molecule has 31 heavy (non-hydrogen) atoms. The maximum absolute atomic E-state index is 12.3. The van der Waals surface area contributed by atoms with E-state index in [9.17, 15) is 19.2 Å². The third-order valence-corrected chi connectivity index (χ3v) is 5.18. The van der Waals surface area contributed by atoms with Crippen LogP contribution in [0.3, 0.4) is 0 Å². The van der Waals surface area contributed by atoms with Gasteiger partial charge in [-0.2, -0.15) is 0 Å². The van der Waals surface area contributed by atoms with Crippen LogP contribution >= 0.6 is 11.8 Å². The summed E-state index contributed by atoms with van der Waals surface area (Å²) < 4.78 is 9.98. The molecule has 1 fully saturated rings. The van der Waals surface area contributed by atoms with Gasteiger partial charge in [0.25, 0.3) is 17.1 Å². The highest BCUT2D eigenvalue weighted by Crippen LogP contribution is 2.32. The van der Waals surface area contributed by atoms with Gasteiger partial charge in [-0.25, -0.2) is 0 Å². The summed E-state index contributed by atoms with van der Waals surface area (Å²) in [6.07, 6.45) is 1.55. The van der Waals surface area contributed by atoms with Crippen molar-refractivity contribution in [3.05, 3.63) is 64.6 Å². The van der Waals surface area contributed by atoms with Gasteiger partial charge in [0, 0.05) is 5.69 Å². The fourth-order valence-electron chi connectivity index (χ4n) is 2.62. The molecule has 0 aromatic heterocycles. The zero-order valence-electron chi connectivity index (χ0n) is 16.9. The van der Waals surface area contributed by atoms with Crippen LogP contribution in [-0.4, -0.2) is 48.2 Å². The zero-order chi connectivity index (χ0) is 22.4. The molecule has 0 atom stereocenters. The quantitative estimate of drug-likeness (QED) is 0.521. The van der Waals surface area contributed by atoms with E-state index in [2.05, 4.69) is 10.1 Å². The molecular weight excluding hydrogens is 420 g/mol. The molecule has 1 aliphatic rings. The number of esters is 1. The number of nitrogens with one attached hydrogen (secondary N) is 1. The van der Waals surface area contributed by atoms with Crippen molar-refractivity contribution in [1.82, 2.24) is 4.90 Å². The summed E-state index contributed by atoms with van der Waals surface area (Å²) in [7, 11) is 1.19. The van der Waals surface area contributed by atoms with Crippen LogP contribution in [0, 0.1) is 6.92 Å². The molecule has 8 nitrogen and oxygen atoms in total. The second-order valence-electron chi connectivity index (χ2n) is 6.62. The van der Waals surface area contributed by atoms with Gasteiger partial charge >= 0.3 is 5.97 Å². The van der Waals surface area contributed by atoms with Crippen molar-refractivity contribution in [2.45, 2.75) is 6.92 Å². The smallest absolute Gasteiger partial charge is 0.325 e. The summed E-state index contributed by atoms with van der Waals surface area (Å²) in [5.74, 6) is -1.02. The van der Waals surface area contributed by atoms with E-state index in [0.29, 0.717) is 17.0 Å². The van der Waals surface area contributed by atoms with Gasteiger partial charge in [-0.1, -0.05) is 29.8 Å². The fraction of sp³-hybridized carbons (Fsp3) is 0.182. The predicted octanol–water partition coefficient (Wildman–Crippen LogP) is 3.22. The molecular formula is C22H20N2O6S. The molecule has 2 aromatic rings. The summed E-state index contributed by atoms with van der Waals surface area (Å²) in [5.41, 5.74) is 2.46.